The van der Waals surface area contributed by atoms with Crippen LogP contribution in [0.5, 0.6) is 11.5 Å². The van der Waals surface area contributed by atoms with E-state index in [2.05, 4.69) is 45.7 Å². The third-order valence-electron chi connectivity index (χ3n) is 4.05. The average molecular weight is 475 g/mol. The third-order valence-corrected chi connectivity index (χ3v) is 5.73. The molecule has 0 unspecified atom stereocenters. The summed E-state index contributed by atoms with van der Waals surface area (Å²) in [5.74, 6) is 1.28. The SMILES string of the molecule is COc1c([N+](=O)[O-])cc(Br)c(C)c1C.COc1ccc(Br)c(C)c1C. The van der Waals surface area contributed by atoms with Gasteiger partial charge in [0.2, 0.25) is 0 Å². The zero-order valence-electron chi connectivity index (χ0n) is 15.1. The van der Waals surface area contributed by atoms with E-state index in [4.69, 9.17) is 9.47 Å². The minimum absolute atomic E-state index is 0.0116. The topological polar surface area (TPSA) is 61.6 Å². The molecule has 0 aromatic heterocycles. The third kappa shape index (κ3) is 4.95. The Balaban J connectivity index is 0.000000257. The minimum atomic E-state index is -0.448. The fraction of sp³-hybridized carbons (Fsp3) is 0.333. The lowest BCUT2D eigenvalue weighted by Crippen LogP contribution is -1.98. The van der Waals surface area contributed by atoms with Crippen molar-refractivity contribution in [3.8, 4) is 11.5 Å². The summed E-state index contributed by atoms with van der Waals surface area (Å²) in [4.78, 5) is 10.3. The van der Waals surface area contributed by atoms with Crippen molar-refractivity contribution in [3.63, 3.8) is 0 Å². The van der Waals surface area contributed by atoms with Crippen LogP contribution < -0.4 is 9.47 Å². The molecule has 0 atom stereocenters. The van der Waals surface area contributed by atoms with Gasteiger partial charge in [-0.1, -0.05) is 31.9 Å². The lowest BCUT2D eigenvalue weighted by molar-refractivity contribution is -0.385. The Morgan fingerprint density at radius 1 is 0.880 bits per heavy atom. The van der Waals surface area contributed by atoms with Crippen molar-refractivity contribution in [2.24, 2.45) is 0 Å². The molecule has 0 amide bonds. The number of rotatable bonds is 3. The second kappa shape index (κ2) is 9.20. The molecular weight excluding hydrogens is 454 g/mol. The molecule has 0 saturated carbocycles. The van der Waals surface area contributed by atoms with E-state index >= 15 is 0 Å². The highest BCUT2D eigenvalue weighted by Gasteiger charge is 2.20. The van der Waals surface area contributed by atoms with E-state index in [0.717, 1.165) is 25.8 Å². The number of nitrogens with zero attached hydrogens (tertiary/aromatic N) is 1. The van der Waals surface area contributed by atoms with E-state index in [1.165, 1.54) is 24.3 Å². The Kier molecular flexibility index (Phi) is 7.89. The number of nitro benzene ring substituents is 1. The van der Waals surface area contributed by atoms with Gasteiger partial charge in [0.05, 0.1) is 19.1 Å². The zero-order valence-corrected chi connectivity index (χ0v) is 18.2. The molecule has 0 fully saturated rings. The minimum Gasteiger partial charge on any atom is -0.496 e. The highest BCUT2D eigenvalue weighted by molar-refractivity contribution is 9.10. The molecule has 2 rings (SSSR count). The van der Waals surface area contributed by atoms with Crippen molar-refractivity contribution >= 4 is 37.5 Å². The Morgan fingerprint density at radius 2 is 1.44 bits per heavy atom. The van der Waals surface area contributed by atoms with Gasteiger partial charge in [0.1, 0.15) is 5.75 Å². The van der Waals surface area contributed by atoms with Crippen LogP contribution in [0.3, 0.4) is 0 Å². The van der Waals surface area contributed by atoms with Crippen LogP contribution in [0.25, 0.3) is 0 Å². The first-order chi connectivity index (χ1) is 11.6. The van der Waals surface area contributed by atoms with Gasteiger partial charge in [0.15, 0.2) is 5.75 Å². The molecule has 7 heteroatoms. The molecule has 2 aromatic rings. The Labute approximate surface area is 164 Å². The summed E-state index contributed by atoms with van der Waals surface area (Å²) in [6, 6.07) is 5.43. The first-order valence-electron chi connectivity index (χ1n) is 7.43. The van der Waals surface area contributed by atoms with Gasteiger partial charge < -0.3 is 9.47 Å². The average Bonchev–Trinajstić information content (AvgIpc) is 2.58. The molecule has 0 N–H and O–H groups in total. The van der Waals surface area contributed by atoms with Gasteiger partial charge in [-0.05, 0) is 56.5 Å². The number of hydrogen-bond donors (Lipinski definition) is 0. The lowest BCUT2D eigenvalue weighted by Gasteiger charge is -2.09. The van der Waals surface area contributed by atoms with Crippen molar-refractivity contribution in [2.45, 2.75) is 27.7 Å². The van der Waals surface area contributed by atoms with Gasteiger partial charge in [0.25, 0.3) is 0 Å². The summed E-state index contributed by atoms with van der Waals surface area (Å²) >= 11 is 6.72. The first-order valence-corrected chi connectivity index (χ1v) is 9.02. The van der Waals surface area contributed by atoms with Gasteiger partial charge >= 0.3 is 5.69 Å². The van der Waals surface area contributed by atoms with Crippen LogP contribution in [0.1, 0.15) is 22.3 Å². The summed E-state index contributed by atoms with van der Waals surface area (Å²) in [5.41, 5.74) is 4.16. The molecule has 0 aliphatic heterocycles. The van der Waals surface area contributed by atoms with E-state index in [-0.39, 0.29) is 5.69 Å². The second-order valence-corrected chi connectivity index (χ2v) is 7.13. The van der Waals surface area contributed by atoms with Crippen LogP contribution in [0.4, 0.5) is 5.69 Å². The number of ether oxygens (including phenoxy) is 2. The smallest absolute Gasteiger partial charge is 0.312 e. The quantitative estimate of drug-likeness (QED) is 0.400. The van der Waals surface area contributed by atoms with Crippen LogP contribution in [-0.4, -0.2) is 19.1 Å². The van der Waals surface area contributed by atoms with Gasteiger partial charge in [-0.15, -0.1) is 0 Å². The second-order valence-electron chi connectivity index (χ2n) is 5.42. The summed E-state index contributed by atoms with van der Waals surface area (Å²) in [5, 5.41) is 10.7. The molecule has 0 aliphatic rings. The van der Waals surface area contributed by atoms with E-state index in [1.54, 1.807) is 14.0 Å². The number of benzene rings is 2. The maximum absolute atomic E-state index is 10.7. The van der Waals surface area contributed by atoms with Crippen molar-refractivity contribution < 1.29 is 14.4 Å². The fourth-order valence-electron chi connectivity index (χ4n) is 2.21. The zero-order chi connectivity index (χ0) is 19.3. The maximum atomic E-state index is 10.7. The Hall–Kier alpha value is -1.60. The van der Waals surface area contributed by atoms with Crippen LogP contribution in [0, 0.1) is 37.8 Å². The van der Waals surface area contributed by atoms with Crippen LogP contribution >= 0.6 is 31.9 Å². The molecule has 0 radical (unpaired) electrons. The highest BCUT2D eigenvalue weighted by atomic mass is 79.9. The monoisotopic (exact) mass is 473 g/mol. The van der Waals surface area contributed by atoms with Gasteiger partial charge in [-0.2, -0.15) is 0 Å². The molecule has 0 aliphatic carbocycles. The summed E-state index contributed by atoms with van der Waals surface area (Å²) < 4.78 is 12.0. The molecule has 25 heavy (non-hydrogen) atoms. The van der Waals surface area contributed by atoms with Crippen molar-refractivity contribution in [1.29, 1.82) is 0 Å². The summed E-state index contributed by atoms with van der Waals surface area (Å²) in [7, 11) is 3.12. The Morgan fingerprint density at radius 3 is 1.92 bits per heavy atom. The van der Waals surface area contributed by atoms with E-state index < -0.39 is 4.92 Å². The lowest BCUT2D eigenvalue weighted by atomic mass is 10.1. The van der Waals surface area contributed by atoms with Gasteiger partial charge in [-0.25, -0.2) is 0 Å². The predicted molar refractivity (Wildman–Crippen MR) is 107 cm³/mol. The number of halogens is 2. The van der Waals surface area contributed by atoms with E-state index in [1.807, 2.05) is 19.1 Å². The van der Waals surface area contributed by atoms with E-state index in [9.17, 15) is 10.1 Å². The van der Waals surface area contributed by atoms with E-state index in [0.29, 0.717) is 5.75 Å². The molecule has 0 spiro atoms. The molecule has 136 valence electrons. The largest absolute Gasteiger partial charge is 0.496 e. The first kappa shape index (κ1) is 21.4. The number of nitro groups is 1. The maximum Gasteiger partial charge on any atom is 0.312 e. The standard InChI is InChI=1S/C9H10BrNO3.C9H11BrO/c1-5-6(2)9(14-3)8(11(12)13)4-7(5)10;1-6-7(2)9(11-3)5-4-8(6)10/h4H,1-3H3;4-5H,1-3H3. The molecule has 0 saturated heterocycles. The van der Waals surface area contributed by atoms with Gasteiger partial charge in [0, 0.05) is 20.6 Å². The molecule has 2 aromatic carbocycles. The number of methoxy groups -OCH3 is 2. The fourth-order valence-corrected chi connectivity index (χ4v) is 3.16. The highest BCUT2D eigenvalue weighted by Crippen LogP contribution is 2.36. The van der Waals surface area contributed by atoms with Crippen LogP contribution in [0.2, 0.25) is 0 Å². The summed E-state index contributed by atoms with van der Waals surface area (Å²) in [6.45, 7) is 7.80. The Bertz CT molecular complexity index is 791. The molecular formula is C18H21Br2NO4. The van der Waals surface area contributed by atoms with Crippen LogP contribution in [-0.2, 0) is 0 Å². The normalized spacial score (nSPS) is 9.92. The van der Waals surface area contributed by atoms with Gasteiger partial charge in [-0.3, -0.25) is 10.1 Å². The van der Waals surface area contributed by atoms with Crippen molar-refractivity contribution in [1.82, 2.24) is 0 Å². The molecule has 0 heterocycles. The van der Waals surface area contributed by atoms with Crippen LogP contribution in [0.15, 0.2) is 27.1 Å². The molecule has 0 bridgehead atoms. The predicted octanol–water partition coefficient (Wildman–Crippen LogP) is 6.06. The summed E-state index contributed by atoms with van der Waals surface area (Å²) in [6.07, 6.45) is 0. The molecule has 5 nitrogen and oxygen atoms in total. The van der Waals surface area contributed by atoms with Crippen molar-refractivity contribution in [2.75, 3.05) is 14.2 Å². The van der Waals surface area contributed by atoms with Crippen molar-refractivity contribution in [3.05, 3.63) is 59.5 Å². The number of hydrogen-bond acceptors (Lipinski definition) is 4.